The lowest BCUT2D eigenvalue weighted by atomic mass is 10.2. The topological polar surface area (TPSA) is 65.2 Å². The van der Waals surface area contributed by atoms with Gasteiger partial charge in [0.25, 0.3) is 0 Å². The van der Waals surface area contributed by atoms with Gasteiger partial charge in [-0.25, -0.2) is 0 Å². The molecule has 1 heterocycles. The second-order valence-electron chi connectivity index (χ2n) is 3.42. The van der Waals surface area contributed by atoms with Gasteiger partial charge in [0.05, 0.1) is 18.4 Å². The van der Waals surface area contributed by atoms with E-state index in [2.05, 4.69) is 9.72 Å². The molecular formula is C12H12N2O2S. The summed E-state index contributed by atoms with van der Waals surface area (Å²) in [7, 11) is 1.38. The summed E-state index contributed by atoms with van der Waals surface area (Å²) in [5.41, 5.74) is 7.38. The summed E-state index contributed by atoms with van der Waals surface area (Å²) >= 11 is 1.40. The number of nitrogens with two attached hydrogens (primary N) is 1. The van der Waals surface area contributed by atoms with Crippen LogP contribution in [0.5, 0.6) is 0 Å². The van der Waals surface area contributed by atoms with Crippen LogP contribution in [0, 0.1) is 0 Å². The van der Waals surface area contributed by atoms with Crippen LogP contribution in [0.15, 0.2) is 35.4 Å². The number of hydrogen-bond acceptors (Lipinski definition) is 5. The number of carbonyl (C=O) groups excluding carboxylic acids is 1. The van der Waals surface area contributed by atoms with Crippen molar-refractivity contribution in [2.24, 2.45) is 0 Å². The van der Waals surface area contributed by atoms with E-state index in [1.54, 1.807) is 6.20 Å². The second kappa shape index (κ2) is 5.05. The van der Waals surface area contributed by atoms with Gasteiger partial charge in [0.2, 0.25) is 0 Å². The molecule has 2 N–H and O–H groups in total. The minimum atomic E-state index is -0.254. The first kappa shape index (κ1) is 11.7. The number of benzene rings is 1. The summed E-state index contributed by atoms with van der Waals surface area (Å²) in [4.78, 5) is 16.3. The Morgan fingerprint density at radius 2 is 2.29 bits per heavy atom. The highest BCUT2D eigenvalue weighted by molar-refractivity contribution is 8.00. The van der Waals surface area contributed by atoms with Crippen LogP contribution in [-0.2, 0) is 9.53 Å². The fraction of sp³-hybridized carbons (Fsp3) is 0.167. The number of thioether (sulfide) groups is 1. The first-order chi connectivity index (χ1) is 8.22. The van der Waals surface area contributed by atoms with Crippen molar-refractivity contribution >= 4 is 34.3 Å². The van der Waals surface area contributed by atoms with Crippen molar-refractivity contribution < 1.29 is 9.53 Å². The van der Waals surface area contributed by atoms with Crippen LogP contribution in [0.1, 0.15) is 0 Å². The minimum Gasteiger partial charge on any atom is -0.468 e. The van der Waals surface area contributed by atoms with Crippen molar-refractivity contribution in [2.45, 2.75) is 4.90 Å². The maximum Gasteiger partial charge on any atom is 0.315 e. The Balaban J connectivity index is 2.35. The van der Waals surface area contributed by atoms with Crippen molar-refractivity contribution in [1.29, 1.82) is 0 Å². The zero-order chi connectivity index (χ0) is 12.3. The predicted molar refractivity (Wildman–Crippen MR) is 68.9 cm³/mol. The number of nitrogen functional groups attached to an aromatic ring is 1. The zero-order valence-corrected chi connectivity index (χ0v) is 10.2. The smallest absolute Gasteiger partial charge is 0.315 e. The Bertz CT molecular complexity index is 557. The number of pyridine rings is 1. The molecule has 0 aliphatic heterocycles. The average Bonchev–Trinajstić information content (AvgIpc) is 2.38. The molecule has 2 rings (SSSR count). The molecule has 0 aliphatic carbocycles. The molecule has 0 bridgehead atoms. The van der Waals surface area contributed by atoms with Crippen molar-refractivity contribution in [2.75, 3.05) is 18.6 Å². The van der Waals surface area contributed by atoms with Crippen LogP contribution in [-0.4, -0.2) is 23.8 Å². The number of aromatic nitrogens is 1. The van der Waals surface area contributed by atoms with E-state index in [9.17, 15) is 4.79 Å². The van der Waals surface area contributed by atoms with Crippen molar-refractivity contribution in [3.05, 3.63) is 30.5 Å². The Morgan fingerprint density at radius 1 is 1.47 bits per heavy atom. The van der Waals surface area contributed by atoms with Crippen LogP contribution in [0.4, 0.5) is 5.69 Å². The van der Waals surface area contributed by atoms with E-state index in [1.165, 1.54) is 18.9 Å². The Labute approximate surface area is 103 Å². The number of anilines is 1. The molecule has 0 amide bonds. The molecule has 88 valence electrons. The van der Waals surface area contributed by atoms with Crippen LogP contribution in [0.3, 0.4) is 0 Å². The number of ether oxygens (including phenoxy) is 1. The van der Waals surface area contributed by atoms with Crippen LogP contribution in [0.2, 0.25) is 0 Å². The Hall–Kier alpha value is -1.75. The third-order valence-electron chi connectivity index (χ3n) is 2.34. The van der Waals surface area contributed by atoms with E-state index in [1.807, 2.05) is 24.3 Å². The van der Waals surface area contributed by atoms with Gasteiger partial charge in [0, 0.05) is 22.2 Å². The largest absolute Gasteiger partial charge is 0.468 e. The first-order valence-electron chi connectivity index (χ1n) is 5.05. The highest BCUT2D eigenvalue weighted by atomic mass is 32.2. The van der Waals surface area contributed by atoms with E-state index in [-0.39, 0.29) is 11.7 Å². The summed E-state index contributed by atoms with van der Waals surface area (Å²) in [5, 5.41) is 0.905. The molecule has 17 heavy (non-hydrogen) atoms. The summed E-state index contributed by atoms with van der Waals surface area (Å²) in [5.74, 6) is 0.0161. The molecule has 0 saturated heterocycles. The standard InChI is InChI=1S/C12H12N2O2S/c1-16-11(15)7-17-10-5-4-9(13)8-3-2-6-14-12(8)10/h2-6H,7,13H2,1H3. The lowest BCUT2D eigenvalue weighted by Gasteiger charge is -2.06. The molecular weight excluding hydrogens is 236 g/mol. The predicted octanol–water partition coefficient (Wildman–Crippen LogP) is 2.08. The van der Waals surface area contributed by atoms with Crippen LogP contribution in [0.25, 0.3) is 10.9 Å². The molecule has 0 aliphatic rings. The Kier molecular flexibility index (Phi) is 3.49. The van der Waals surface area contributed by atoms with Gasteiger partial charge in [-0.1, -0.05) is 0 Å². The summed E-state index contributed by atoms with van der Waals surface area (Å²) < 4.78 is 4.60. The molecule has 0 fully saturated rings. The molecule has 2 aromatic rings. The van der Waals surface area contributed by atoms with Gasteiger partial charge < -0.3 is 10.5 Å². The molecule has 1 aromatic carbocycles. The first-order valence-corrected chi connectivity index (χ1v) is 6.03. The number of carbonyl (C=O) groups is 1. The number of hydrogen-bond donors (Lipinski definition) is 1. The van der Waals surface area contributed by atoms with Gasteiger partial charge in [-0.2, -0.15) is 0 Å². The van der Waals surface area contributed by atoms with E-state index in [4.69, 9.17) is 5.73 Å². The monoisotopic (exact) mass is 248 g/mol. The van der Waals surface area contributed by atoms with Crippen LogP contribution < -0.4 is 5.73 Å². The number of rotatable bonds is 3. The second-order valence-corrected chi connectivity index (χ2v) is 4.43. The summed E-state index contributed by atoms with van der Waals surface area (Å²) in [6.45, 7) is 0. The van der Waals surface area contributed by atoms with E-state index >= 15 is 0 Å². The highest BCUT2D eigenvalue weighted by Crippen LogP contribution is 2.29. The molecule has 5 heteroatoms. The van der Waals surface area contributed by atoms with E-state index in [0.29, 0.717) is 5.69 Å². The van der Waals surface area contributed by atoms with Gasteiger partial charge in [-0.15, -0.1) is 11.8 Å². The molecule has 0 spiro atoms. The molecule has 0 atom stereocenters. The summed E-state index contributed by atoms with van der Waals surface area (Å²) in [6, 6.07) is 7.45. The van der Waals surface area contributed by atoms with Gasteiger partial charge in [0.15, 0.2) is 0 Å². The van der Waals surface area contributed by atoms with Crippen molar-refractivity contribution in [3.63, 3.8) is 0 Å². The van der Waals surface area contributed by atoms with E-state index < -0.39 is 0 Å². The van der Waals surface area contributed by atoms with E-state index in [0.717, 1.165) is 15.8 Å². The quantitative estimate of drug-likeness (QED) is 0.512. The maximum absolute atomic E-state index is 11.1. The third kappa shape index (κ3) is 2.50. The van der Waals surface area contributed by atoms with Crippen molar-refractivity contribution in [1.82, 2.24) is 4.98 Å². The molecule has 1 aromatic heterocycles. The molecule has 4 nitrogen and oxygen atoms in total. The lowest BCUT2D eigenvalue weighted by Crippen LogP contribution is -2.03. The third-order valence-corrected chi connectivity index (χ3v) is 3.36. The number of fused-ring (bicyclic) bond motifs is 1. The average molecular weight is 248 g/mol. The Morgan fingerprint density at radius 3 is 3.06 bits per heavy atom. The molecule has 0 unspecified atom stereocenters. The van der Waals surface area contributed by atoms with Gasteiger partial charge in [-0.05, 0) is 24.3 Å². The van der Waals surface area contributed by atoms with Gasteiger partial charge >= 0.3 is 5.97 Å². The minimum absolute atomic E-state index is 0.254. The zero-order valence-electron chi connectivity index (χ0n) is 9.34. The fourth-order valence-corrected chi connectivity index (χ4v) is 2.34. The number of methoxy groups -OCH3 is 1. The number of nitrogens with zero attached hydrogens (tertiary/aromatic N) is 1. The highest BCUT2D eigenvalue weighted by Gasteiger charge is 2.08. The van der Waals surface area contributed by atoms with Crippen LogP contribution >= 0.6 is 11.8 Å². The van der Waals surface area contributed by atoms with Gasteiger partial charge in [-0.3, -0.25) is 9.78 Å². The molecule has 0 radical (unpaired) electrons. The SMILES string of the molecule is COC(=O)CSc1ccc(N)c2cccnc12. The normalized spacial score (nSPS) is 10.4. The maximum atomic E-state index is 11.1. The number of esters is 1. The fourth-order valence-electron chi connectivity index (χ4n) is 1.48. The summed E-state index contributed by atoms with van der Waals surface area (Å²) in [6.07, 6.45) is 1.71. The lowest BCUT2D eigenvalue weighted by molar-refractivity contribution is -0.137. The molecule has 0 saturated carbocycles. The van der Waals surface area contributed by atoms with Crippen molar-refractivity contribution in [3.8, 4) is 0 Å². The van der Waals surface area contributed by atoms with Gasteiger partial charge in [0.1, 0.15) is 0 Å².